The molecule has 0 aliphatic heterocycles. The van der Waals surface area contributed by atoms with Crippen LogP contribution in [0.3, 0.4) is 0 Å². The smallest absolute Gasteiger partial charge is 0.342 e. The van der Waals surface area contributed by atoms with Crippen molar-refractivity contribution in [1.29, 1.82) is 10.5 Å². The van der Waals surface area contributed by atoms with Crippen LogP contribution in [0.4, 0.5) is 0 Å². The van der Waals surface area contributed by atoms with E-state index < -0.39 is 11.9 Å². The zero-order valence-corrected chi connectivity index (χ0v) is 25.6. The van der Waals surface area contributed by atoms with Gasteiger partial charge in [-0.15, -0.1) is 0 Å². The van der Waals surface area contributed by atoms with Crippen LogP contribution in [-0.2, 0) is 17.8 Å². The molecule has 0 radical (unpaired) electrons. The third-order valence-corrected chi connectivity index (χ3v) is 6.99. The molecule has 0 amide bonds. The zero-order chi connectivity index (χ0) is 32.8. The number of benzene rings is 2. The number of hydrogen-bond acceptors (Lipinski definition) is 9. The summed E-state index contributed by atoms with van der Waals surface area (Å²) in [7, 11) is 0. The number of halogens is 2. The fourth-order valence-corrected chi connectivity index (χ4v) is 4.90. The van der Waals surface area contributed by atoms with E-state index in [2.05, 4.69) is 20.2 Å². The van der Waals surface area contributed by atoms with Gasteiger partial charge < -0.3 is 9.84 Å². The van der Waals surface area contributed by atoms with Gasteiger partial charge >= 0.3 is 11.9 Å². The Bertz CT molecular complexity index is 2200. The molecule has 12 nitrogen and oxygen atoms in total. The molecule has 0 saturated carbocycles. The van der Waals surface area contributed by atoms with Crippen LogP contribution in [0, 0.1) is 22.7 Å². The Morgan fingerprint density at radius 2 is 1.28 bits per heavy atom. The van der Waals surface area contributed by atoms with Crippen molar-refractivity contribution in [3.63, 3.8) is 0 Å². The van der Waals surface area contributed by atoms with Crippen molar-refractivity contribution in [2.75, 3.05) is 6.61 Å². The Hall–Kier alpha value is -5.82. The van der Waals surface area contributed by atoms with Gasteiger partial charge in [0, 0.05) is 35.6 Å². The predicted molar refractivity (Wildman–Crippen MR) is 175 cm³/mol. The first kappa shape index (κ1) is 34.1. The highest BCUT2D eigenvalue weighted by Crippen LogP contribution is 2.21. The van der Waals surface area contributed by atoms with Crippen LogP contribution in [0.2, 0.25) is 10.0 Å². The lowest BCUT2D eigenvalue weighted by molar-refractivity contribution is 0.0525. The Morgan fingerprint density at radius 3 is 1.70 bits per heavy atom. The van der Waals surface area contributed by atoms with Crippen LogP contribution in [0.5, 0.6) is 0 Å². The lowest BCUT2D eigenvalue weighted by Crippen LogP contribution is -2.05. The Labute approximate surface area is 279 Å². The van der Waals surface area contributed by atoms with Gasteiger partial charge in [0.2, 0.25) is 0 Å². The van der Waals surface area contributed by atoms with Gasteiger partial charge in [-0.25, -0.2) is 9.59 Å². The van der Waals surface area contributed by atoms with Crippen LogP contribution in [0.15, 0.2) is 73.3 Å². The molecule has 0 spiro atoms. The number of carboxylic acid groups (broad SMARTS) is 1. The van der Waals surface area contributed by atoms with Crippen molar-refractivity contribution in [2.24, 2.45) is 0 Å². The fourth-order valence-electron chi connectivity index (χ4n) is 4.56. The Balaban J connectivity index is 0.000000209. The maximum atomic E-state index is 11.9. The molecule has 6 aromatic rings. The number of hydrogen-bond donors (Lipinski definition) is 1. The van der Waals surface area contributed by atoms with Gasteiger partial charge in [0.15, 0.2) is 11.4 Å². The summed E-state index contributed by atoms with van der Waals surface area (Å²) in [5.41, 5.74) is 3.54. The van der Waals surface area contributed by atoms with Crippen LogP contribution in [0.1, 0.15) is 57.6 Å². The molecule has 0 fully saturated rings. The number of rotatable bonds is 7. The van der Waals surface area contributed by atoms with Crippen molar-refractivity contribution in [1.82, 2.24) is 29.5 Å². The predicted octanol–water partition coefficient (Wildman–Crippen LogP) is 6.52. The van der Waals surface area contributed by atoms with E-state index in [4.69, 9.17) is 43.6 Å². The van der Waals surface area contributed by atoms with Crippen molar-refractivity contribution in [3.8, 4) is 12.1 Å². The number of carbonyl (C=O) groups excluding carboxylic acids is 1. The fraction of sp³-hybridized carbons (Fsp3) is 0.152. The van der Waals surface area contributed by atoms with E-state index in [0.717, 1.165) is 32.9 Å². The number of fused-ring (bicyclic) bond motifs is 2. The summed E-state index contributed by atoms with van der Waals surface area (Å²) < 4.78 is 7.92. The summed E-state index contributed by atoms with van der Waals surface area (Å²) in [6.07, 6.45) is 6.05. The largest absolute Gasteiger partial charge is 0.478 e. The van der Waals surface area contributed by atoms with Gasteiger partial charge in [-0.3, -0.25) is 19.3 Å². The molecule has 0 atom stereocenters. The average molecular weight is 670 g/mol. The van der Waals surface area contributed by atoms with E-state index in [-0.39, 0.29) is 36.5 Å². The number of pyridine rings is 2. The van der Waals surface area contributed by atoms with Crippen LogP contribution in [-0.4, -0.2) is 53.2 Å². The summed E-state index contributed by atoms with van der Waals surface area (Å²) in [5, 5.41) is 38.1. The Morgan fingerprint density at radius 1 is 0.809 bits per heavy atom. The average Bonchev–Trinajstić information content (AvgIpc) is 3.65. The van der Waals surface area contributed by atoms with Crippen LogP contribution < -0.4 is 0 Å². The summed E-state index contributed by atoms with van der Waals surface area (Å²) in [5.74, 6) is -1.72. The molecule has 0 unspecified atom stereocenters. The quantitative estimate of drug-likeness (QED) is 0.184. The third kappa shape index (κ3) is 8.07. The highest BCUT2D eigenvalue weighted by molar-refractivity contribution is 6.31. The number of carbonyl (C=O) groups is 2. The van der Waals surface area contributed by atoms with Crippen LogP contribution >= 0.6 is 23.2 Å². The molecule has 4 heterocycles. The number of aromatic carboxylic acids is 1. The molecule has 14 heteroatoms. The number of carboxylic acids is 1. The molecule has 6 rings (SSSR count). The summed E-state index contributed by atoms with van der Waals surface area (Å²) in [6.45, 7) is 2.72. The summed E-state index contributed by atoms with van der Waals surface area (Å²) in [4.78, 5) is 31.3. The van der Waals surface area contributed by atoms with Crippen LogP contribution in [0.25, 0.3) is 21.8 Å². The minimum atomic E-state index is -1.17. The molecule has 0 aliphatic carbocycles. The molecule has 1 N–H and O–H groups in total. The van der Waals surface area contributed by atoms with Crippen molar-refractivity contribution < 1.29 is 19.4 Å². The SMILES string of the molecule is C.CCOC(=O)c1cn(Cc2ccc3ncc(Cl)cc3c2)nc1C#N.N#Cc1nn(Cc2ccc3ncc(Cl)cc3c2)cc1C(=O)O. The maximum Gasteiger partial charge on any atom is 0.342 e. The minimum Gasteiger partial charge on any atom is -0.478 e. The number of aromatic nitrogens is 6. The van der Waals surface area contributed by atoms with Gasteiger partial charge in [0.25, 0.3) is 0 Å². The van der Waals surface area contributed by atoms with Crippen molar-refractivity contribution >= 4 is 56.9 Å². The molecule has 0 aliphatic rings. The monoisotopic (exact) mass is 668 g/mol. The summed E-state index contributed by atoms with van der Waals surface area (Å²) in [6, 6.07) is 18.7. The van der Waals surface area contributed by atoms with E-state index in [0.29, 0.717) is 23.1 Å². The second-order valence-corrected chi connectivity index (χ2v) is 10.7. The van der Waals surface area contributed by atoms with E-state index in [1.807, 2.05) is 48.5 Å². The van der Waals surface area contributed by atoms with Gasteiger partial charge in [0.05, 0.1) is 40.8 Å². The third-order valence-electron chi connectivity index (χ3n) is 6.57. The van der Waals surface area contributed by atoms with E-state index in [9.17, 15) is 9.59 Å². The second-order valence-electron chi connectivity index (χ2n) is 9.79. The summed E-state index contributed by atoms with van der Waals surface area (Å²) >= 11 is 11.9. The topological polar surface area (TPSA) is 173 Å². The van der Waals surface area contributed by atoms with Gasteiger partial charge in [-0.05, 0) is 54.4 Å². The van der Waals surface area contributed by atoms with Gasteiger partial charge in [-0.1, -0.05) is 42.8 Å². The molecule has 0 bridgehead atoms. The van der Waals surface area contributed by atoms with Gasteiger partial charge in [-0.2, -0.15) is 20.7 Å². The molecule has 47 heavy (non-hydrogen) atoms. The molecule has 0 saturated heterocycles. The number of esters is 1. The Kier molecular flexibility index (Phi) is 10.9. The van der Waals surface area contributed by atoms with E-state index >= 15 is 0 Å². The molecule has 236 valence electrons. The second kappa shape index (κ2) is 15.0. The number of nitriles is 2. The first-order valence-corrected chi connectivity index (χ1v) is 14.4. The molecule has 4 aromatic heterocycles. The molecule has 2 aromatic carbocycles. The van der Waals surface area contributed by atoms with E-state index in [1.54, 1.807) is 36.1 Å². The van der Waals surface area contributed by atoms with E-state index in [1.165, 1.54) is 17.1 Å². The maximum absolute atomic E-state index is 11.9. The lowest BCUT2D eigenvalue weighted by Gasteiger charge is -2.04. The lowest BCUT2D eigenvalue weighted by atomic mass is 10.1. The highest BCUT2D eigenvalue weighted by Gasteiger charge is 2.18. The normalized spacial score (nSPS) is 10.3. The van der Waals surface area contributed by atoms with Crippen molar-refractivity contribution in [2.45, 2.75) is 27.4 Å². The minimum absolute atomic E-state index is 0. The zero-order valence-electron chi connectivity index (χ0n) is 24.1. The number of ether oxygens (including phenoxy) is 1. The first-order valence-electron chi connectivity index (χ1n) is 13.6. The van der Waals surface area contributed by atoms with Crippen molar-refractivity contribution in [3.05, 3.63) is 117 Å². The highest BCUT2D eigenvalue weighted by atomic mass is 35.5. The standard InChI is InChI=1S/C17H13ClN4O2.C15H9ClN4O2.CH4/c1-2-24-17(23)14-10-22(21-16(14)7-19)9-11-3-4-15-12(5-11)6-13(18)8-20-15;16-11-4-10-3-9(1-2-13(10)18-6-11)7-20-8-12(15(21)22)14(5-17)19-20;/h3-6,8,10H,2,9H2,1H3;1-4,6,8H,7H2,(H,21,22);1H4. The molecular formula is C33H26Cl2N8O4. The first-order chi connectivity index (χ1) is 22.2. The number of nitrogens with zero attached hydrogens (tertiary/aromatic N) is 8. The van der Waals surface area contributed by atoms with Gasteiger partial charge in [0.1, 0.15) is 23.3 Å². The molecular weight excluding hydrogens is 643 g/mol.